The highest BCUT2D eigenvalue weighted by molar-refractivity contribution is 5.25. The molecule has 2 N–H and O–H groups in total. The topological polar surface area (TPSA) is 26.0 Å². The van der Waals surface area contributed by atoms with Crippen LogP contribution in [0, 0.1) is 12.7 Å². The minimum atomic E-state index is -2.66. The van der Waals surface area contributed by atoms with Crippen LogP contribution in [0.1, 0.15) is 17.2 Å². The average Bonchev–Trinajstić information content (AvgIpc) is 2.08. The SMILES string of the molecule is Cc1ccc([C@H](N)C(F)F)cc1F. The van der Waals surface area contributed by atoms with Crippen molar-refractivity contribution in [1.29, 1.82) is 0 Å². The monoisotopic (exact) mass is 189 g/mol. The maximum atomic E-state index is 12.9. The summed E-state index contributed by atoms with van der Waals surface area (Å²) in [5.41, 5.74) is 5.68. The van der Waals surface area contributed by atoms with E-state index in [1.807, 2.05) is 0 Å². The van der Waals surface area contributed by atoms with Crippen molar-refractivity contribution in [2.75, 3.05) is 0 Å². The standard InChI is InChI=1S/C9H10F3N/c1-5-2-3-6(4-7(5)10)8(13)9(11)12/h2-4,8-9H,13H2,1H3/t8-/m0/s1. The van der Waals surface area contributed by atoms with E-state index in [9.17, 15) is 13.2 Å². The van der Waals surface area contributed by atoms with E-state index >= 15 is 0 Å². The fourth-order valence-electron chi connectivity index (χ4n) is 0.962. The van der Waals surface area contributed by atoms with Gasteiger partial charge in [-0.3, -0.25) is 0 Å². The highest BCUT2D eigenvalue weighted by atomic mass is 19.3. The molecular weight excluding hydrogens is 179 g/mol. The highest BCUT2D eigenvalue weighted by Gasteiger charge is 2.17. The van der Waals surface area contributed by atoms with Gasteiger partial charge in [-0.1, -0.05) is 12.1 Å². The van der Waals surface area contributed by atoms with Gasteiger partial charge in [0.2, 0.25) is 0 Å². The van der Waals surface area contributed by atoms with Crippen LogP contribution in [-0.4, -0.2) is 6.43 Å². The molecule has 72 valence electrons. The molecule has 0 radical (unpaired) electrons. The molecule has 1 rings (SSSR count). The van der Waals surface area contributed by atoms with Crippen LogP contribution >= 0.6 is 0 Å². The minimum absolute atomic E-state index is 0.123. The van der Waals surface area contributed by atoms with Gasteiger partial charge in [0.1, 0.15) is 5.82 Å². The van der Waals surface area contributed by atoms with Crippen LogP contribution < -0.4 is 5.73 Å². The second-order valence-electron chi connectivity index (χ2n) is 2.87. The molecule has 0 aliphatic carbocycles. The molecule has 0 aliphatic heterocycles. The van der Waals surface area contributed by atoms with Gasteiger partial charge in [0.15, 0.2) is 0 Å². The van der Waals surface area contributed by atoms with Gasteiger partial charge >= 0.3 is 0 Å². The van der Waals surface area contributed by atoms with Gasteiger partial charge < -0.3 is 5.73 Å². The number of aryl methyl sites for hydroxylation is 1. The molecule has 4 heteroatoms. The Morgan fingerprint density at radius 1 is 1.31 bits per heavy atom. The van der Waals surface area contributed by atoms with E-state index in [0.29, 0.717) is 5.56 Å². The molecule has 0 amide bonds. The first-order valence-corrected chi connectivity index (χ1v) is 3.82. The van der Waals surface area contributed by atoms with Gasteiger partial charge in [-0.05, 0) is 24.1 Å². The fourth-order valence-corrected chi connectivity index (χ4v) is 0.962. The second kappa shape index (κ2) is 3.79. The lowest BCUT2D eigenvalue weighted by molar-refractivity contribution is 0.116. The molecule has 0 heterocycles. The van der Waals surface area contributed by atoms with Gasteiger partial charge in [0.05, 0.1) is 6.04 Å². The molecule has 1 nitrogen and oxygen atoms in total. The zero-order valence-corrected chi connectivity index (χ0v) is 7.10. The highest BCUT2D eigenvalue weighted by Crippen LogP contribution is 2.19. The summed E-state index contributed by atoms with van der Waals surface area (Å²) in [6.45, 7) is 1.56. The number of rotatable bonds is 2. The van der Waals surface area contributed by atoms with Crippen LogP contribution in [0.3, 0.4) is 0 Å². The fraction of sp³-hybridized carbons (Fsp3) is 0.333. The summed E-state index contributed by atoms with van der Waals surface area (Å²) in [5.74, 6) is -0.506. The van der Waals surface area contributed by atoms with Crippen molar-refractivity contribution < 1.29 is 13.2 Å². The summed E-state index contributed by atoms with van der Waals surface area (Å²) in [4.78, 5) is 0. The molecule has 1 atom stereocenters. The van der Waals surface area contributed by atoms with E-state index in [1.165, 1.54) is 12.1 Å². The zero-order valence-electron chi connectivity index (χ0n) is 7.10. The summed E-state index contributed by atoms with van der Waals surface area (Å²) in [5, 5.41) is 0. The van der Waals surface area contributed by atoms with E-state index in [4.69, 9.17) is 5.73 Å². The molecule has 1 aromatic rings. The first-order valence-electron chi connectivity index (χ1n) is 3.82. The summed E-state index contributed by atoms with van der Waals surface area (Å²) in [6, 6.07) is 2.49. The largest absolute Gasteiger partial charge is 0.319 e. The van der Waals surface area contributed by atoms with E-state index in [-0.39, 0.29) is 5.56 Å². The molecular formula is C9H10F3N. The number of nitrogens with two attached hydrogens (primary N) is 1. The van der Waals surface area contributed by atoms with Crippen LogP contribution in [-0.2, 0) is 0 Å². The number of halogens is 3. The van der Waals surface area contributed by atoms with E-state index in [0.717, 1.165) is 6.07 Å². The first-order chi connectivity index (χ1) is 6.02. The Balaban J connectivity index is 2.97. The molecule has 0 bridgehead atoms. The molecule has 0 saturated heterocycles. The quantitative estimate of drug-likeness (QED) is 0.759. The lowest BCUT2D eigenvalue weighted by atomic mass is 10.1. The first kappa shape index (κ1) is 10.1. The molecule has 0 unspecified atom stereocenters. The Morgan fingerprint density at radius 3 is 2.38 bits per heavy atom. The second-order valence-corrected chi connectivity index (χ2v) is 2.87. The van der Waals surface area contributed by atoms with Crippen molar-refractivity contribution in [3.05, 3.63) is 35.1 Å². The molecule has 0 fully saturated rings. The number of benzene rings is 1. The molecule has 1 aromatic carbocycles. The number of hydrogen-bond donors (Lipinski definition) is 1. The number of hydrogen-bond acceptors (Lipinski definition) is 1. The molecule has 0 saturated carbocycles. The van der Waals surface area contributed by atoms with Crippen molar-refractivity contribution in [2.45, 2.75) is 19.4 Å². The van der Waals surface area contributed by atoms with Gasteiger partial charge in [-0.25, -0.2) is 13.2 Å². The van der Waals surface area contributed by atoms with Crippen LogP contribution in [0.25, 0.3) is 0 Å². The Labute approximate surface area is 74.4 Å². The van der Waals surface area contributed by atoms with Crippen molar-refractivity contribution >= 4 is 0 Å². The zero-order chi connectivity index (χ0) is 10.0. The molecule has 0 aromatic heterocycles. The van der Waals surface area contributed by atoms with Crippen LogP contribution in [0.2, 0.25) is 0 Å². The minimum Gasteiger partial charge on any atom is -0.319 e. The van der Waals surface area contributed by atoms with E-state index < -0.39 is 18.3 Å². The number of alkyl halides is 2. The van der Waals surface area contributed by atoms with Crippen molar-refractivity contribution in [3.8, 4) is 0 Å². The Hall–Kier alpha value is -1.03. The molecule has 0 aliphatic rings. The van der Waals surface area contributed by atoms with Crippen molar-refractivity contribution in [2.24, 2.45) is 5.73 Å². The average molecular weight is 189 g/mol. The normalized spacial score (nSPS) is 13.4. The Kier molecular flexibility index (Phi) is 2.93. The predicted octanol–water partition coefficient (Wildman–Crippen LogP) is 2.40. The van der Waals surface area contributed by atoms with Crippen LogP contribution in [0.4, 0.5) is 13.2 Å². The summed E-state index contributed by atoms with van der Waals surface area (Å²) in [6.07, 6.45) is -2.66. The summed E-state index contributed by atoms with van der Waals surface area (Å²) >= 11 is 0. The maximum absolute atomic E-state index is 12.9. The summed E-state index contributed by atoms with van der Waals surface area (Å²) < 4.78 is 37.1. The van der Waals surface area contributed by atoms with Crippen LogP contribution in [0.5, 0.6) is 0 Å². The van der Waals surface area contributed by atoms with Crippen molar-refractivity contribution in [1.82, 2.24) is 0 Å². The predicted molar refractivity (Wildman–Crippen MR) is 44.1 cm³/mol. The Morgan fingerprint density at radius 2 is 1.92 bits per heavy atom. The van der Waals surface area contributed by atoms with E-state index in [1.54, 1.807) is 6.92 Å². The molecule has 13 heavy (non-hydrogen) atoms. The van der Waals surface area contributed by atoms with Crippen molar-refractivity contribution in [3.63, 3.8) is 0 Å². The maximum Gasteiger partial charge on any atom is 0.257 e. The van der Waals surface area contributed by atoms with Gasteiger partial charge in [0, 0.05) is 0 Å². The van der Waals surface area contributed by atoms with Gasteiger partial charge in [-0.2, -0.15) is 0 Å². The van der Waals surface area contributed by atoms with Gasteiger partial charge in [0.25, 0.3) is 6.43 Å². The lowest BCUT2D eigenvalue weighted by Crippen LogP contribution is -2.19. The lowest BCUT2D eigenvalue weighted by Gasteiger charge is -2.10. The third-order valence-electron chi connectivity index (χ3n) is 1.85. The Bertz CT molecular complexity index is 299. The van der Waals surface area contributed by atoms with Crippen LogP contribution in [0.15, 0.2) is 18.2 Å². The summed E-state index contributed by atoms with van der Waals surface area (Å²) in [7, 11) is 0. The third-order valence-corrected chi connectivity index (χ3v) is 1.85. The molecule has 0 spiro atoms. The smallest absolute Gasteiger partial charge is 0.257 e. The van der Waals surface area contributed by atoms with Gasteiger partial charge in [-0.15, -0.1) is 0 Å². The third kappa shape index (κ3) is 2.21. The van der Waals surface area contributed by atoms with E-state index in [2.05, 4.69) is 0 Å².